The lowest BCUT2D eigenvalue weighted by Gasteiger charge is -2.23. The summed E-state index contributed by atoms with van der Waals surface area (Å²) in [6, 6.07) is 0. The van der Waals surface area contributed by atoms with Gasteiger partial charge in [0.2, 0.25) is 0 Å². The molecule has 1 aliphatic heterocycles. The van der Waals surface area contributed by atoms with Crippen LogP contribution in [-0.4, -0.2) is 17.2 Å². The lowest BCUT2D eigenvalue weighted by Crippen LogP contribution is -2.23. The molecule has 0 N–H and O–H groups in total. The van der Waals surface area contributed by atoms with E-state index in [1.165, 1.54) is 0 Å². The van der Waals surface area contributed by atoms with Gasteiger partial charge in [0.05, 0.1) is 16.9 Å². The van der Waals surface area contributed by atoms with Crippen LogP contribution < -0.4 is 0 Å². The normalized spacial score (nSPS) is 18.5. The first-order valence-corrected chi connectivity index (χ1v) is 3.98. The first kappa shape index (κ1) is 10.5. The third-order valence-electron chi connectivity index (χ3n) is 1.38. The van der Waals surface area contributed by atoms with E-state index in [4.69, 9.17) is 11.6 Å². The van der Waals surface area contributed by atoms with Gasteiger partial charge in [-0.1, -0.05) is 18.2 Å². The van der Waals surface area contributed by atoms with E-state index in [-0.39, 0.29) is 5.70 Å². The Morgan fingerprint density at radius 1 is 1.54 bits per heavy atom. The van der Waals surface area contributed by atoms with Crippen molar-refractivity contribution in [2.24, 2.45) is 5.10 Å². The van der Waals surface area contributed by atoms with Crippen LogP contribution in [0.4, 0.5) is 13.2 Å². The maximum atomic E-state index is 12.3. The molecule has 1 unspecified atom stereocenters. The van der Waals surface area contributed by atoms with Crippen molar-refractivity contribution in [3.8, 4) is 0 Å². The highest BCUT2D eigenvalue weighted by atomic mass is 35.5. The van der Waals surface area contributed by atoms with E-state index in [1.807, 2.05) is 9.39 Å². The van der Waals surface area contributed by atoms with Crippen LogP contribution in [-0.2, 0) is 0 Å². The summed E-state index contributed by atoms with van der Waals surface area (Å²) in [4.78, 5) is 0. The summed E-state index contributed by atoms with van der Waals surface area (Å²) in [5, 5.41) is 3.09. The fourth-order valence-electron chi connectivity index (χ4n) is 0.799. The fourth-order valence-corrected chi connectivity index (χ4v) is 1.25. The van der Waals surface area contributed by atoms with E-state index < -0.39 is 16.8 Å². The monoisotopic (exact) mass is 228 g/mol. The molecule has 72 valence electrons. The largest absolute Gasteiger partial charge is 0.419 e. The van der Waals surface area contributed by atoms with Gasteiger partial charge in [0, 0.05) is 0 Å². The van der Waals surface area contributed by atoms with E-state index in [9.17, 15) is 13.2 Å². The molecule has 0 fully saturated rings. The van der Waals surface area contributed by atoms with Crippen molar-refractivity contribution < 1.29 is 13.2 Å². The van der Waals surface area contributed by atoms with Crippen LogP contribution in [0, 0.1) is 0 Å². The smallest absolute Gasteiger partial charge is 0.251 e. The van der Waals surface area contributed by atoms with E-state index in [0.29, 0.717) is 0 Å². The van der Waals surface area contributed by atoms with Crippen molar-refractivity contribution in [2.75, 3.05) is 0 Å². The first-order valence-electron chi connectivity index (χ1n) is 3.09. The molecule has 2 nitrogen and oxygen atoms in total. The second-order valence-electron chi connectivity index (χ2n) is 2.26. The Morgan fingerprint density at radius 3 is 2.46 bits per heavy atom. The molecule has 1 atom stereocenters. The predicted molar refractivity (Wildman–Crippen MR) is 48.1 cm³/mol. The fraction of sp³-hybridized carbons (Fsp3) is 0.167. The van der Waals surface area contributed by atoms with Gasteiger partial charge >= 0.3 is 6.18 Å². The molecule has 7 heteroatoms. The molecule has 1 aliphatic rings. The Balaban J connectivity index is 3.18. The highest BCUT2D eigenvalue weighted by molar-refractivity contribution is 7.13. The number of hydrazone groups is 1. The molecule has 0 aromatic rings. The summed E-state index contributed by atoms with van der Waals surface area (Å²) in [5.41, 5.74) is -1.25. The molecule has 0 spiro atoms. The summed E-state index contributed by atoms with van der Waals surface area (Å²) in [5.74, 6) is 0. The molecule has 0 radical (unpaired) electrons. The number of alkyl halides is 3. The summed E-state index contributed by atoms with van der Waals surface area (Å²) in [6.07, 6.45) is -3.58. The van der Waals surface area contributed by atoms with Gasteiger partial charge in [0.25, 0.3) is 0 Å². The Morgan fingerprint density at radius 2 is 2.08 bits per heavy atom. The number of nitrogens with zero attached hydrogens (tertiary/aromatic N) is 2. The highest BCUT2D eigenvalue weighted by Crippen LogP contribution is 2.38. The SMILES string of the molecule is C=C1C(C(F)(F)F)=C(Cl)C=NN1P. The van der Waals surface area contributed by atoms with Crippen LogP contribution in [0.1, 0.15) is 0 Å². The minimum absolute atomic E-state index is 0.287. The zero-order valence-corrected chi connectivity index (χ0v) is 8.18. The van der Waals surface area contributed by atoms with Crippen LogP contribution in [0.25, 0.3) is 0 Å². The Bertz CT molecular complexity index is 307. The first-order chi connectivity index (χ1) is 5.84. The van der Waals surface area contributed by atoms with Crippen molar-refractivity contribution >= 4 is 27.2 Å². The van der Waals surface area contributed by atoms with E-state index in [1.54, 1.807) is 0 Å². The Kier molecular flexibility index (Phi) is 2.68. The maximum Gasteiger partial charge on any atom is 0.419 e. The van der Waals surface area contributed by atoms with Crippen LogP contribution in [0.5, 0.6) is 0 Å². The number of allylic oxidation sites excluding steroid dienone is 2. The van der Waals surface area contributed by atoms with E-state index in [2.05, 4.69) is 11.7 Å². The standard InChI is InChI=1S/C6H5ClF3N2P/c1-3-5(6(8,9)10)4(7)2-11-12(3)13/h2H,1,13H2. The molecule has 1 heterocycles. The van der Waals surface area contributed by atoms with Crippen molar-refractivity contribution in [3.05, 3.63) is 22.9 Å². The summed E-state index contributed by atoms with van der Waals surface area (Å²) in [6.45, 7) is 3.22. The summed E-state index contributed by atoms with van der Waals surface area (Å²) >= 11 is 5.34. The molecule has 0 aromatic carbocycles. The highest BCUT2D eigenvalue weighted by Gasteiger charge is 2.40. The van der Waals surface area contributed by atoms with Gasteiger partial charge in [-0.05, 0) is 9.39 Å². The van der Waals surface area contributed by atoms with Gasteiger partial charge in [0.1, 0.15) is 5.57 Å². The van der Waals surface area contributed by atoms with E-state index in [0.717, 1.165) is 11.0 Å². The number of hydrogen-bond donors (Lipinski definition) is 0. The molecule has 0 saturated heterocycles. The second-order valence-corrected chi connectivity index (χ2v) is 3.15. The predicted octanol–water partition coefficient (Wildman–Crippen LogP) is 2.65. The quantitative estimate of drug-likeness (QED) is 0.582. The van der Waals surface area contributed by atoms with Crippen molar-refractivity contribution in [1.82, 2.24) is 4.78 Å². The molecular formula is C6H5ClF3N2P. The molecule has 1 rings (SSSR count). The third-order valence-corrected chi connectivity index (χ3v) is 2.11. The number of hydrogen-bond acceptors (Lipinski definition) is 2. The summed E-state index contributed by atoms with van der Waals surface area (Å²) in [7, 11) is 1.99. The van der Waals surface area contributed by atoms with Crippen LogP contribution in [0.3, 0.4) is 0 Å². The van der Waals surface area contributed by atoms with Crippen molar-refractivity contribution in [2.45, 2.75) is 6.18 Å². The molecule has 0 saturated carbocycles. The molecule has 13 heavy (non-hydrogen) atoms. The van der Waals surface area contributed by atoms with Crippen LogP contribution >= 0.6 is 21.0 Å². The molecule has 0 bridgehead atoms. The van der Waals surface area contributed by atoms with E-state index >= 15 is 0 Å². The van der Waals surface area contributed by atoms with Gasteiger partial charge < -0.3 is 0 Å². The van der Waals surface area contributed by atoms with Gasteiger partial charge in [0.15, 0.2) is 0 Å². The number of halogens is 4. The summed E-state index contributed by atoms with van der Waals surface area (Å²) < 4.78 is 37.9. The van der Waals surface area contributed by atoms with Crippen molar-refractivity contribution in [3.63, 3.8) is 0 Å². The van der Waals surface area contributed by atoms with Gasteiger partial charge in [-0.2, -0.15) is 18.3 Å². The van der Waals surface area contributed by atoms with Crippen LogP contribution in [0.2, 0.25) is 0 Å². The molecule has 0 aromatic heterocycles. The minimum Gasteiger partial charge on any atom is -0.251 e. The Labute approximate surface area is 80.0 Å². The molecule has 0 amide bonds. The zero-order valence-electron chi connectivity index (χ0n) is 6.27. The second kappa shape index (κ2) is 3.31. The van der Waals surface area contributed by atoms with Crippen molar-refractivity contribution in [1.29, 1.82) is 0 Å². The lowest BCUT2D eigenvalue weighted by molar-refractivity contribution is -0.0908. The minimum atomic E-state index is -4.50. The average Bonchev–Trinajstić information content (AvgIpc) is 1.95. The molecular weight excluding hydrogens is 224 g/mol. The van der Waals surface area contributed by atoms with Crippen LogP contribution in [0.15, 0.2) is 28.0 Å². The zero-order chi connectivity index (χ0) is 10.2. The van der Waals surface area contributed by atoms with Gasteiger partial charge in [-0.15, -0.1) is 0 Å². The molecule has 0 aliphatic carbocycles. The number of rotatable bonds is 0. The van der Waals surface area contributed by atoms with Gasteiger partial charge in [-0.25, -0.2) is 0 Å². The maximum absolute atomic E-state index is 12.3. The Hall–Kier alpha value is -0.540. The van der Waals surface area contributed by atoms with Gasteiger partial charge in [-0.3, -0.25) is 4.78 Å². The average molecular weight is 229 g/mol. The third kappa shape index (κ3) is 2.03. The lowest BCUT2D eigenvalue weighted by atomic mass is 10.2. The topological polar surface area (TPSA) is 15.6 Å².